The lowest BCUT2D eigenvalue weighted by Crippen LogP contribution is -2.30. The highest BCUT2D eigenvalue weighted by Gasteiger charge is 2.26. The number of alkyl carbamates (subject to hydrolysis) is 1. The largest absolute Gasteiger partial charge is 0.472 e. The third kappa shape index (κ3) is 41.8. The Labute approximate surface area is 348 Å². The maximum atomic E-state index is 12.7. The third-order valence-electron chi connectivity index (χ3n) is 10.0. The van der Waals surface area contributed by atoms with E-state index in [9.17, 15) is 23.8 Å². The van der Waals surface area contributed by atoms with Crippen molar-refractivity contribution in [1.82, 2.24) is 5.32 Å². The smallest absolute Gasteiger partial charge is 0.462 e. The Morgan fingerprint density at radius 1 is 0.561 bits per heavy atom. The second-order valence-corrected chi connectivity index (χ2v) is 17.0. The SMILES string of the molecule is C#CCOC(=O)NCCOP(=O)(O)OC[C@@H](COC(=O)CCCCCCCCCCCCCCCCC)OC(=O)CCCCCCCCCCCCCCCCC. The average molecular weight is 830 g/mol. The van der Waals surface area contributed by atoms with E-state index in [4.69, 9.17) is 24.9 Å². The lowest BCUT2D eigenvalue weighted by molar-refractivity contribution is -0.161. The molecule has 1 unspecified atom stereocenters. The Bertz CT molecular complexity index is 1040. The first-order chi connectivity index (χ1) is 27.7. The summed E-state index contributed by atoms with van der Waals surface area (Å²) in [6.45, 7) is 3.00. The van der Waals surface area contributed by atoms with Crippen LogP contribution in [0.3, 0.4) is 0 Å². The van der Waals surface area contributed by atoms with Gasteiger partial charge in [-0.05, 0) is 12.8 Å². The van der Waals surface area contributed by atoms with Crippen molar-refractivity contribution in [3.8, 4) is 12.3 Å². The second-order valence-electron chi connectivity index (χ2n) is 15.5. The molecule has 2 N–H and O–H groups in total. The van der Waals surface area contributed by atoms with E-state index in [1.54, 1.807) is 0 Å². The van der Waals surface area contributed by atoms with E-state index in [0.29, 0.717) is 12.8 Å². The van der Waals surface area contributed by atoms with Crippen LogP contribution in [0.2, 0.25) is 0 Å². The molecule has 0 aromatic heterocycles. The number of terminal acetylenes is 1. The standard InChI is InChI=1S/C45H84NO10P/c1-4-7-9-11-13-15-17-19-21-23-25-27-29-31-33-35-43(47)53-40-42(41-55-57(50,51)54-39-37-46-45(49)52-38-6-3)56-44(48)36-34-32-30-28-26-24-22-20-18-16-14-12-10-8-5-2/h3,42H,4-5,7-41H2,1-2H3,(H,46,49)(H,50,51)/t42-/m1/s1. The maximum absolute atomic E-state index is 12.7. The molecule has 0 aliphatic carbocycles. The number of hydrogen-bond donors (Lipinski definition) is 2. The number of hydrogen-bond acceptors (Lipinski definition) is 9. The summed E-state index contributed by atoms with van der Waals surface area (Å²) in [6.07, 6.45) is 40.4. The Kier molecular flexibility index (Phi) is 40.5. The van der Waals surface area contributed by atoms with Gasteiger partial charge in [0.15, 0.2) is 12.7 Å². The van der Waals surface area contributed by atoms with Crippen LogP contribution in [0.4, 0.5) is 4.79 Å². The number of carbonyl (C=O) groups excluding carboxylic acids is 3. The van der Waals surface area contributed by atoms with Crippen molar-refractivity contribution in [3.05, 3.63) is 0 Å². The van der Waals surface area contributed by atoms with Gasteiger partial charge in [0.25, 0.3) is 0 Å². The number of phosphoric acid groups is 1. The van der Waals surface area contributed by atoms with Crippen LogP contribution in [0.25, 0.3) is 0 Å². The van der Waals surface area contributed by atoms with E-state index >= 15 is 0 Å². The van der Waals surface area contributed by atoms with Crippen LogP contribution in [-0.4, -0.2) is 62.0 Å². The normalized spacial score (nSPS) is 12.7. The fourth-order valence-corrected chi connectivity index (χ4v) is 7.34. The van der Waals surface area contributed by atoms with Gasteiger partial charge < -0.3 is 24.4 Å². The summed E-state index contributed by atoms with van der Waals surface area (Å²) >= 11 is 0. The highest BCUT2D eigenvalue weighted by Crippen LogP contribution is 2.43. The minimum atomic E-state index is -4.57. The van der Waals surface area contributed by atoms with Gasteiger partial charge in [0.1, 0.15) is 6.61 Å². The third-order valence-corrected chi connectivity index (χ3v) is 11.0. The van der Waals surface area contributed by atoms with Crippen molar-refractivity contribution in [1.29, 1.82) is 0 Å². The molecule has 1 amide bonds. The van der Waals surface area contributed by atoms with Gasteiger partial charge in [-0.3, -0.25) is 18.6 Å². The van der Waals surface area contributed by atoms with Crippen molar-refractivity contribution in [2.45, 2.75) is 225 Å². The lowest BCUT2D eigenvalue weighted by Gasteiger charge is -2.20. The van der Waals surface area contributed by atoms with Gasteiger partial charge in [-0.1, -0.05) is 200 Å². The number of unbranched alkanes of at least 4 members (excludes halogenated alkanes) is 28. The first-order valence-corrected chi connectivity index (χ1v) is 24.5. The molecule has 0 saturated heterocycles. The maximum Gasteiger partial charge on any atom is 0.472 e. The minimum Gasteiger partial charge on any atom is -0.462 e. The van der Waals surface area contributed by atoms with E-state index in [0.717, 1.165) is 38.5 Å². The number of carbonyl (C=O) groups is 3. The highest BCUT2D eigenvalue weighted by atomic mass is 31.2. The summed E-state index contributed by atoms with van der Waals surface area (Å²) in [5.74, 6) is 1.25. The number of nitrogens with one attached hydrogen (secondary N) is 1. The van der Waals surface area contributed by atoms with Gasteiger partial charge in [-0.25, -0.2) is 9.36 Å². The minimum absolute atomic E-state index is 0.133. The van der Waals surface area contributed by atoms with Crippen LogP contribution < -0.4 is 5.32 Å². The van der Waals surface area contributed by atoms with E-state index in [1.165, 1.54) is 141 Å². The van der Waals surface area contributed by atoms with Gasteiger partial charge in [-0.2, -0.15) is 0 Å². The molecule has 334 valence electrons. The molecular weight excluding hydrogens is 745 g/mol. The zero-order chi connectivity index (χ0) is 41.9. The van der Waals surface area contributed by atoms with Crippen molar-refractivity contribution in [2.75, 3.05) is 33.0 Å². The second kappa shape index (κ2) is 42.0. The van der Waals surface area contributed by atoms with Crippen LogP contribution >= 0.6 is 7.82 Å². The monoisotopic (exact) mass is 830 g/mol. The van der Waals surface area contributed by atoms with Gasteiger partial charge in [0.05, 0.1) is 13.2 Å². The summed E-state index contributed by atoms with van der Waals surface area (Å²) in [4.78, 5) is 46.8. The van der Waals surface area contributed by atoms with E-state index in [2.05, 4.69) is 29.8 Å². The molecule has 0 aliphatic heterocycles. The fourth-order valence-electron chi connectivity index (χ4n) is 6.59. The van der Waals surface area contributed by atoms with E-state index in [1.807, 2.05) is 0 Å². The number of amides is 1. The Hall–Kier alpha value is -2.12. The van der Waals surface area contributed by atoms with Crippen LogP contribution in [0, 0.1) is 12.3 Å². The molecule has 0 heterocycles. The predicted molar refractivity (Wildman–Crippen MR) is 230 cm³/mol. The molecule has 12 heteroatoms. The van der Waals surface area contributed by atoms with Crippen molar-refractivity contribution < 1.29 is 47.1 Å². The van der Waals surface area contributed by atoms with Crippen LogP contribution in [0.1, 0.15) is 219 Å². The number of phosphoric ester groups is 1. The van der Waals surface area contributed by atoms with E-state index < -0.39 is 38.6 Å². The van der Waals surface area contributed by atoms with Gasteiger partial charge in [-0.15, -0.1) is 6.42 Å². The Morgan fingerprint density at radius 2 is 0.947 bits per heavy atom. The predicted octanol–water partition coefficient (Wildman–Crippen LogP) is 12.5. The molecule has 57 heavy (non-hydrogen) atoms. The molecule has 0 spiro atoms. The average Bonchev–Trinajstić information content (AvgIpc) is 3.19. The van der Waals surface area contributed by atoms with Crippen LogP contribution in [-0.2, 0) is 37.4 Å². The van der Waals surface area contributed by atoms with Gasteiger partial charge >= 0.3 is 25.9 Å². The molecule has 2 atom stereocenters. The number of rotatable bonds is 43. The Balaban J connectivity index is 4.40. The van der Waals surface area contributed by atoms with Crippen LogP contribution in [0.15, 0.2) is 0 Å². The number of ether oxygens (including phenoxy) is 3. The zero-order valence-electron chi connectivity index (χ0n) is 36.4. The highest BCUT2D eigenvalue weighted by molar-refractivity contribution is 7.47. The molecule has 0 aromatic carbocycles. The first kappa shape index (κ1) is 54.9. The van der Waals surface area contributed by atoms with Crippen molar-refractivity contribution >= 4 is 25.9 Å². The topological polar surface area (TPSA) is 147 Å². The lowest BCUT2D eigenvalue weighted by atomic mass is 10.0. The summed E-state index contributed by atoms with van der Waals surface area (Å²) in [7, 11) is -4.57. The number of esters is 2. The first-order valence-electron chi connectivity index (χ1n) is 23.0. The van der Waals surface area contributed by atoms with Crippen LogP contribution in [0.5, 0.6) is 0 Å². The van der Waals surface area contributed by atoms with Gasteiger partial charge in [0, 0.05) is 19.4 Å². The summed E-state index contributed by atoms with van der Waals surface area (Å²) in [6, 6.07) is 0. The molecule has 0 saturated carbocycles. The molecule has 0 rings (SSSR count). The molecule has 0 aliphatic rings. The van der Waals surface area contributed by atoms with Crippen molar-refractivity contribution in [2.24, 2.45) is 0 Å². The molecule has 0 bridgehead atoms. The Morgan fingerprint density at radius 3 is 1.35 bits per heavy atom. The van der Waals surface area contributed by atoms with Gasteiger partial charge in [0.2, 0.25) is 0 Å². The van der Waals surface area contributed by atoms with Crippen molar-refractivity contribution in [3.63, 3.8) is 0 Å². The summed E-state index contributed by atoms with van der Waals surface area (Å²) in [5, 5.41) is 2.32. The molecule has 0 fully saturated rings. The fraction of sp³-hybridized carbons (Fsp3) is 0.889. The summed E-state index contributed by atoms with van der Waals surface area (Å²) in [5.41, 5.74) is 0. The quantitative estimate of drug-likeness (QED) is 0.0200. The zero-order valence-corrected chi connectivity index (χ0v) is 37.3. The summed E-state index contributed by atoms with van der Waals surface area (Å²) < 4.78 is 38.0. The van der Waals surface area contributed by atoms with E-state index in [-0.39, 0.29) is 39.2 Å². The molecule has 0 radical (unpaired) electrons. The molecule has 0 aromatic rings. The molecular formula is C45H84NO10P. The molecule has 11 nitrogen and oxygen atoms in total.